The molecule has 126 valence electrons. The van der Waals surface area contributed by atoms with Gasteiger partial charge in [0.1, 0.15) is 0 Å². The van der Waals surface area contributed by atoms with Crippen LogP contribution in [0.4, 0.5) is 4.39 Å². The molecule has 0 bridgehead atoms. The first-order valence-electron chi connectivity index (χ1n) is 6.78. The standard InChI is InChI=1S/C14H21FN2O3S.ClH/c1-14(2)9-17(7-6-13(14)16)21(18,19)10-4-5-11(15)12(8-10)20-3;/h4-5,8,13H,6-7,9,16H2,1-3H3;1H. The molecule has 1 aromatic carbocycles. The molecular weight excluding hydrogens is 331 g/mol. The molecular formula is C14H22ClFN2O3S. The van der Waals surface area contributed by atoms with E-state index in [1.807, 2.05) is 13.8 Å². The van der Waals surface area contributed by atoms with E-state index in [4.69, 9.17) is 10.5 Å². The van der Waals surface area contributed by atoms with E-state index in [1.54, 1.807) is 0 Å². The van der Waals surface area contributed by atoms with E-state index in [1.165, 1.54) is 23.5 Å². The second-order valence-corrected chi connectivity index (χ2v) is 7.96. The normalized spacial score (nSPS) is 22.0. The summed E-state index contributed by atoms with van der Waals surface area (Å²) in [7, 11) is -2.37. The molecule has 1 aliphatic heterocycles. The lowest BCUT2D eigenvalue weighted by atomic mass is 9.81. The number of nitrogens with zero attached hydrogens (tertiary/aromatic N) is 1. The zero-order valence-corrected chi connectivity index (χ0v) is 14.5. The second-order valence-electron chi connectivity index (χ2n) is 6.02. The van der Waals surface area contributed by atoms with Crippen LogP contribution in [0.15, 0.2) is 23.1 Å². The van der Waals surface area contributed by atoms with Crippen molar-refractivity contribution in [3.05, 3.63) is 24.0 Å². The number of methoxy groups -OCH3 is 1. The van der Waals surface area contributed by atoms with Crippen molar-refractivity contribution in [1.82, 2.24) is 4.31 Å². The molecule has 1 aliphatic rings. The largest absolute Gasteiger partial charge is 0.494 e. The highest BCUT2D eigenvalue weighted by Crippen LogP contribution is 2.32. The summed E-state index contributed by atoms with van der Waals surface area (Å²) in [5, 5.41) is 0. The summed E-state index contributed by atoms with van der Waals surface area (Å²) < 4.78 is 45.0. The van der Waals surface area contributed by atoms with Gasteiger partial charge in [-0.25, -0.2) is 12.8 Å². The molecule has 2 N–H and O–H groups in total. The molecule has 1 atom stereocenters. The quantitative estimate of drug-likeness (QED) is 0.903. The third-order valence-electron chi connectivity index (χ3n) is 4.04. The van der Waals surface area contributed by atoms with Gasteiger partial charge < -0.3 is 10.5 Å². The third-order valence-corrected chi connectivity index (χ3v) is 5.88. The highest BCUT2D eigenvalue weighted by molar-refractivity contribution is 7.89. The molecule has 5 nitrogen and oxygen atoms in total. The summed E-state index contributed by atoms with van der Waals surface area (Å²) in [5.41, 5.74) is 5.73. The Morgan fingerprint density at radius 1 is 1.41 bits per heavy atom. The van der Waals surface area contributed by atoms with Gasteiger partial charge >= 0.3 is 0 Å². The minimum Gasteiger partial charge on any atom is -0.494 e. The van der Waals surface area contributed by atoms with Gasteiger partial charge in [0.15, 0.2) is 11.6 Å². The summed E-state index contributed by atoms with van der Waals surface area (Å²) >= 11 is 0. The topological polar surface area (TPSA) is 72.6 Å². The van der Waals surface area contributed by atoms with Crippen molar-refractivity contribution in [2.75, 3.05) is 20.2 Å². The first-order chi connectivity index (χ1) is 9.68. The molecule has 0 aromatic heterocycles. The molecule has 1 fully saturated rings. The van der Waals surface area contributed by atoms with Gasteiger partial charge in [0.25, 0.3) is 0 Å². The molecule has 0 saturated carbocycles. The van der Waals surface area contributed by atoms with Crippen LogP contribution >= 0.6 is 12.4 Å². The molecule has 2 rings (SSSR count). The Bertz CT molecular complexity index is 637. The van der Waals surface area contributed by atoms with Crippen molar-refractivity contribution < 1.29 is 17.5 Å². The number of sulfonamides is 1. The van der Waals surface area contributed by atoms with E-state index in [9.17, 15) is 12.8 Å². The van der Waals surface area contributed by atoms with Crippen molar-refractivity contribution in [2.24, 2.45) is 11.1 Å². The molecule has 0 amide bonds. The maximum atomic E-state index is 13.4. The third kappa shape index (κ3) is 3.53. The summed E-state index contributed by atoms with van der Waals surface area (Å²) in [6, 6.07) is 3.54. The summed E-state index contributed by atoms with van der Waals surface area (Å²) in [6.45, 7) is 4.61. The van der Waals surface area contributed by atoms with Crippen LogP contribution in [0.2, 0.25) is 0 Å². The van der Waals surface area contributed by atoms with Gasteiger partial charge in [0.05, 0.1) is 12.0 Å². The molecule has 1 aromatic rings. The smallest absolute Gasteiger partial charge is 0.243 e. The van der Waals surface area contributed by atoms with Crippen molar-refractivity contribution >= 4 is 22.4 Å². The lowest BCUT2D eigenvalue weighted by Crippen LogP contribution is -2.53. The van der Waals surface area contributed by atoms with E-state index >= 15 is 0 Å². The van der Waals surface area contributed by atoms with Crippen molar-refractivity contribution in [3.63, 3.8) is 0 Å². The molecule has 1 unspecified atom stereocenters. The maximum Gasteiger partial charge on any atom is 0.243 e. The van der Waals surface area contributed by atoms with Crippen LogP contribution in [-0.2, 0) is 10.0 Å². The highest BCUT2D eigenvalue weighted by atomic mass is 35.5. The number of rotatable bonds is 3. The molecule has 22 heavy (non-hydrogen) atoms. The highest BCUT2D eigenvalue weighted by Gasteiger charge is 2.38. The van der Waals surface area contributed by atoms with Gasteiger partial charge in [-0.1, -0.05) is 13.8 Å². The molecule has 8 heteroatoms. The Labute approximate surface area is 137 Å². The van der Waals surface area contributed by atoms with Crippen LogP contribution < -0.4 is 10.5 Å². The predicted molar refractivity (Wildman–Crippen MR) is 85.3 cm³/mol. The van der Waals surface area contributed by atoms with Crippen LogP contribution in [0.5, 0.6) is 5.75 Å². The van der Waals surface area contributed by atoms with Crippen LogP contribution in [0, 0.1) is 11.2 Å². The molecule has 0 spiro atoms. The second kappa shape index (κ2) is 6.70. The Balaban J connectivity index is 0.00000242. The summed E-state index contributed by atoms with van der Waals surface area (Å²) in [5.74, 6) is -0.665. The number of piperidine rings is 1. The van der Waals surface area contributed by atoms with E-state index in [0.717, 1.165) is 6.07 Å². The SMILES string of the molecule is COc1cc(S(=O)(=O)N2CCC(N)C(C)(C)C2)ccc1F.Cl. The lowest BCUT2D eigenvalue weighted by Gasteiger charge is -2.41. The Morgan fingerprint density at radius 2 is 2.05 bits per heavy atom. The lowest BCUT2D eigenvalue weighted by molar-refractivity contribution is 0.155. The van der Waals surface area contributed by atoms with Gasteiger partial charge in [0.2, 0.25) is 10.0 Å². The molecule has 0 aliphatic carbocycles. The van der Waals surface area contributed by atoms with Gasteiger partial charge in [-0.15, -0.1) is 12.4 Å². The predicted octanol–water partition coefficient (Wildman–Crippen LogP) is 2.00. The van der Waals surface area contributed by atoms with Gasteiger partial charge in [-0.3, -0.25) is 0 Å². The van der Waals surface area contributed by atoms with E-state index < -0.39 is 15.8 Å². The van der Waals surface area contributed by atoms with Crippen molar-refractivity contribution in [3.8, 4) is 5.75 Å². The fourth-order valence-corrected chi connectivity index (χ4v) is 4.12. The fraction of sp³-hybridized carbons (Fsp3) is 0.571. The van der Waals surface area contributed by atoms with Crippen LogP contribution in [0.3, 0.4) is 0 Å². The number of hydrogen-bond donors (Lipinski definition) is 1. The molecule has 1 saturated heterocycles. The molecule has 0 radical (unpaired) electrons. The van der Waals surface area contributed by atoms with Gasteiger partial charge in [-0.05, 0) is 24.0 Å². The zero-order valence-electron chi connectivity index (χ0n) is 12.9. The van der Waals surface area contributed by atoms with Gasteiger partial charge in [0, 0.05) is 25.2 Å². The van der Waals surface area contributed by atoms with Crippen molar-refractivity contribution in [1.29, 1.82) is 0 Å². The zero-order chi connectivity index (χ0) is 15.8. The van der Waals surface area contributed by atoms with Crippen molar-refractivity contribution in [2.45, 2.75) is 31.2 Å². The Kier molecular flexibility index (Phi) is 5.83. The van der Waals surface area contributed by atoms with Gasteiger partial charge in [-0.2, -0.15) is 4.31 Å². The number of benzene rings is 1. The average molecular weight is 353 g/mol. The number of hydrogen-bond acceptors (Lipinski definition) is 4. The van der Waals surface area contributed by atoms with Crippen LogP contribution in [0.25, 0.3) is 0 Å². The van der Waals surface area contributed by atoms with E-state index in [0.29, 0.717) is 19.5 Å². The number of ether oxygens (including phenoxy) is 1. The first kappa shape index (κ1) is 19.2. The fourth-order valence-electron chi connectivity index (χ4n) is 2.48. The summed E-state index contributed by atoms with van der Waals surface area (Å²) in [4.78, 5) is 0.0343. The Morgan fingerprint density at radius 3 is 2.59 bits per heavy atom. The number of nitrogens with two attached hydrogens (primary N) is 1. The first-order valence-corrected chi connectivity index (χ1v) is 8.22. The molecule has 1 heterocycles. The van der Waals surface area contributed by atoms with E-state index in [-0.39, 0.29) is 34.5 Å². The van der Waals surface area contributed by atoms with E-state index in [2.05, 4.69) is 0 Å². The van der Waals surface area contributed by atoms with Crippen LogP contribution in [-0.4, -0.2) is 39.0 Å². The van der Waals surface area contributed by atoms with Crippen LogP contribution in [0.1, 0.15) is 20.3 Å². The Hall–Kier alpha value is -0.890. The summed E-state index contributed by atoms with van der Waals surface area (Å²) in [6.07, 6.45) is 0.602. The maximum absolute atomic E-state index is 13.4. The number of halogens is 2. The minimum absolute atomic E-state index is 0. The average Bonchev–Trinajstić information content (AvgIpc) is 2.42. The monoisotopic (exact) mass is 352 g/mol. The minimum atomic E-state index is -3.67.